The second kappa shape index (κ2) is 4.27. The Balaban J connectivity index is 3.68. The van der Waals surface area contributed by atoms with Crippen molar-refractivity contribution in [1.29, 1.82) is 0 Å². The molecule has 0 aromatic rings. The molecule has 0 saturated carbocycles. The summed E-state index contributed by atoms with van der Waals surface area (Å²) >= 11 is 2.89. The van der Waals surface area contributed by atoms with Crippen molar-refractivity contribution in [3.8, 4) is 0 Å². The molecule has 0 bridgehead atoms. The van der Waals surface area contributed by atoms with Gasteiger partial charge >= 0.3 is 5.97 Å². The van der Waals surface area contributed by atoms with Gasteiger partial charge in [0.25, 0.3) is 0 Å². The van der Waals surface area contributed by atoms with Crippen LogP contribution in [0.25, 0.3) is 0 Å². The monoisotopic (exact) mass is 209 g/mol. The quantitative estimate of drug-likeness (QED) is 0.642. The van der Waals surface area contributed by atoms with Crippen LogP contribution in [0.5, 0.6) is 0 Å². The first kappa shape index (κ1) is 9.42. The number of carboxylic acids is 1. The molecule has 1 amide bonds. The predicted molar refractivity (Wildman–Crippen MR) is 39.0 cm³/mol. The van der Waals surface area contributed by atoms with E-state index in [1.807, 2.05) is 0 Å². The Morgan fingerprint density at radius 3 is 2.50 bits per heavy atom. The lowest BCUT2D eigenvalue weighted by atomic mass is 10.3. The first-order valence-electron chi connectivity index (χ1n) is 2.66. The van der Waals surface area contributed by atoms with Crippen molar-refractivity contribution in [2.45, 2.75) is 13.0 Å². The number of carbonyl (C=O) groups is 2. The normalized spacial score (nSPS) is 12.2. The van der Waals surface area contributed by atoms with Crippen LogP contribution in [-0.2, 0) is 9.59 Å². The van der Waals surface area contributed by atoms with Crippen molar-refractivity contribution in [2.75, 3.05) is 5.33 Å². The molecule has 0 heterocycles. The fraction of sp³-hybridized carbons (Fsp3) is 0.600. The first-order valence-corrected chi connectivity index (χ1v) is 3.78. The molecule has 0 unspecified atom stereocenters. The van der Waals surface area contributed by atoms with E-state index < -0.39 is 12.0 Å². The van der Waals surface area contributed by atoms with Gasteiger partial charge in [0.05, 0.1) is 5.33 Å². The van der Waals surface area contributed by atoms with Gasteiger partial charge in [-0.2, -0.15) is 0 Å². The van der Waals surface area contributed by atoms with E-state index in [4.69, 9.17) is 5.11 Å². The van der Waals surface area contributed by atoms with Gasteiger partial charge in [0, 0.05) is 0 Å². The molecule has 5 heteroatoms. The molecule has 4 nitrogen and oxygen atoms in total. The smallest absolute Gasteiger partial charge is 0.325 e. The molecular weight excluding hydrogens is 202 g/mol. The van der Waals surface area contributed by atoms with Crippen LogP contribution in [0.2, 0.25) is 0 Å². The largest absolute Gasteiger partial charge is 0.480 e. The zero-order chi connectivity index (χ0) is 8.15. The molecule has 10 heavy (non-hydrogen) atoms. The molecule has 0 radical (unpaired) electrons. The maximum Gasteiger partial charge on any atom is 0.325 e. The Morgan fingerprint density at radius 2 is 2.20 bits per heavy atom. The summed E-state index contributed by atoms with van der Waals surface area (Å²) in [5.74, 6) is -1.36. The Morgan fingerprint density at radius 1 is 1.70 bits per heavy atom. The van der Waals surface area contributed by atoms with Gasteiger partial charge in [-0.3, -0.25) is 9.59 Å². The molecule has 0 aliphatic carbocycles. The maximum atomic E-state index is 10.5. The summed E-state index contributed by atoms with van der Waals surface area (Å²) in [5, 5.41) is 10.7. The number of hydrogen-bond donors (Lipinski definition) is 2. The average Bonchev–Trinajstić information content (AvgIpc) is 1.87. The van der Waals surface area contributed by atoms with Crippen LogP contribution in [0.3, 0.4) is 0 Å². The fourth-order valence-electron chi connectivity index (χ4n) is 0.342. The van der Waals surface area contributed by atoms with E-state index >= 15 is 0 Å². The Hall–Kier alpha value is -0.580. The summed E-state index contributed by atoms with van der Waals surface area (Å²) in [6.07, 6.45) is 0. The minimum Gasteiger partial charge on any atom is -0.480 e. The minimum atomic E-state index is -1.03. The lowest BCUT2D eigenvalue weighted by Gasteiger charge is -2.05. The Labute approximate surface area is 66.7 Å². The lowest BCUT2D eigenvalue weighted by molar-refractivity contribution is -0.140. The van der Waals surface area contributed by atoms with Gasteiger partial charge in [0.1, 0.15) is 6.04 Å². The summed E-state index contributed by atoms with van der Waals surface area (Å²) in [4.78, 5) is 20.6. The number of aliphatic carboxylic acids is 1. The third-order valence-corrected chi connectivity index (χ3v) is 1.38. The molecule has 0 aliphatic rings. The van der Waals surface area contributed by atoms with E-state index in [1.165, 1.54) is 6.92 Å². The molecular formula is C5H8BrNO3. The van der Waals surface area contributed by atoms with Gasteiger partial charge in [-0.25, -0.2) is 0 Å². The fourth-order valence-corrected chi connectivity index (χ4v) is 0.504. The maximum absolute atomic E-state index is 10.5. The van der Waals surface area contributed by atoms with Crippen LogP contribution in [0, 0.1) is 0 Å². The standard InChI is InChI=1S/C5H8BrNO3/c1-3(5(9)10)7-4(8)2-6/h3H,2H2,1H3,(H,7,8)(H,9,10)/t3-/m0/s1. The van der Waals surface area contributed by atoms with Crippen LogP contribution in [0.15, 0.2) is 0 Å². The summed E-state index contributed by atoms with van der Waals surface area (Å²) in [6.45, 7) is 1.41. The average molecular weight is 210 g/mol. The van der Waals surface area contributed by atoms with E-state index in [0.29, 0.717) is 0 Å². The molecule has 0 rings (SSSR count). The zero-order valence-electron chi connectivity index (χ0n) is 5.43. The highest BCUT2D eigenvalue weighted by Gasteiger charge is 2.11. The molecule has 0 fully saturated rings. The second-order valence-electron chi connectivity index (χ2n) is 1.76. The van der Waals surface area contributed by atoms with Gasteiger partial charge in [-0.1, -0.05) is 15.9 Å². The summed E-state index contributed by atoms with van der Waals surface area (Å²) in [6, 6.07) is -0.815. The molecule has 2 N–H and O–H groups in total. The number of halogens is 1. The highest BCUT2D eigenvalue weighted by atomic mass is 79.9. The topological polar surface area (TPSA) is 66.4 Å². The van der Waals surface area contributed by atoms with Crippen molar-refractivity contribution in [3.63, 3.8) is 0 Å². The SMILES string of the molecule is C[C@H](NC(=O)CBr)C(=O)O. The molecule has 0 aromatic heterocycles. The van der Waals surface area contributed by atoms with Crippen molar-refractivity contribution in [3.05, 3.63) is 0 Å². The third kappa shape index (κ3) is 3.45. The number of amides is 1. The second-order valence-corrected chi connectivity index (χ2v) is 2.32. The summed E-state index contributed by atoms with van der Waals surface area (Å²) in [7, 11) is 0. The summed E-state index contributed by atoms with van der Waals surface area (Å²) in [5.41, 5.74) is 0. The van der Waals surface area contributed by atoms with Crippen molar-refractivity contribution in [2.24, 2.45) is 0 Å². The van der Waals surface area contributed by atoms with E-state index in [0.717, 1.165) is 0 Å². The predicted octanol–water partition coefficient (Wildman–Crippen LogP) is -0.0294. The van der Waals surface area contributed by atoms with E-state index in [2.05, 4.69) is 21.2 Å². The highest BCUT2D eigenvalue weighted by Crippen LogP contribution is 1.84. The lowest BCUT2D eigenvalue weighted by Crippen LogP contribution is -2.38. The van der Waals surface area contributed by atoms with Crippen LogP contribution in [0.4, 0.5) is 0 Å². The van der Waals surface area contributed by atoms with Gasteiger partial charge < -0.3 is 10.4 Å². The molecule has 0 spiro atoms. The van der Waals surface area contributed by atoms with Gasteiger partial charge in [0.2, 0.25) is 5.91 Å². The van der Waals surface area contributed by atoms with Crippen molar-refractivity contribution >= 4 is 27.8 Å². The number of rotatable bonds is 3. The van der Waals surface area contributed by atoms with Gasteiger partial charge in [-0.15, -0.1) is 0 Å². The number of alkyl halides is 1. The number of carboxylic acid groups (broad SMARTS) is 1. The highest BCUT2D eigenvalue weighted by molar-refractivity contribution is 9.09. The molecule has 1 atom stereocenters. The number of nitrogens with one attached hydrogen (secondary N) is 1. The van der Waals surface area contributed by atoms with Gasteiger partial charge in [0.15, 0.2) is 0 Å². The molecule has 0 aliphatic heterocycles. The van der Waals surface area contributed by atoms with Crippen molar-refractivity contribution < 1.29 is 14.7 Å². The van der Waals surface area contributed by atoms with E-state index in [1.54, 1.807) is 0 Å². The number of hydrogen-bond acceptors (Lipinski definition) is 2. The summed E-state index contributed by atoms with van der Waals surface area (Å²) < 4.78 is 0. The first-order chi connectivity index (χ1) is 4.57. The van der Waals surface area contributed by atoms with Crippen molar-refractivity contribution in [1.82, 2.24) is 5.32 Å². The van der Waals surface area contributed by atoms with Gasteiger partial charge in [-0.05, 0) is 6.92 Å². The molecule has 0 aromatic carbocycles. The Kier molecular flexibility index (Phi) is 4.02. The van der Waals surface area contributed by atoms with Crippen LogP contribution < -0.4 is 5.32 Å². The third-order valence-electron chi connectivity index (χ3n) is 0.869. The van der Waals surface area contributed by atoms with Crippen LogP contribution >= 0.6 is 15.9 Å². The molecule has 58 valence electrons. The minimum absolute atomic E-state index is 0.130. The van der Waals surface area contributed by atoms with E-state index in [-0.39, 0.29) is 11.2 Å². The van der Waals surface area contributed by atoms with E-state index in [9.17, 15) is 9.59 Å². The number of carbonyl (C=O) groups excluding carboxylic acids is 1. The Bertz CT molecular complexity index is 148. The van der Waals surface area contributed by atoms with Crippen LogP contribution in [0.1, 0.15) is 6.92 Å². The molecule has 0 saturated heterocycles. The van der Waals surface area contributed by atoms with Crippen LogP contribution in [-0.4, -0.2) is 28.4 Å². The zero-order valence-corrected chi connectivity index (χ0v) is 7.01.